The van der Waals surface area contributed by atoms with Crippen molar-refractivity contribution in [2.24, 2.45) is 0 Å². The minimum atomic E-state index is -1.26. The first kappa shape index (κ1) is 12.4. The van der Waals surface area contributed by atoms with Crippen LogP contribution in [0.15, 0.2) is 12.2 Å². The molecule has 0 radical (unpaired) electrons. The summed E-state index contributed by atoms with van der Waals surface area (Å²) in [4.78, 5) is 43.1. The maximum Gasteiger partial charge on any atom is 0.276 e. The molecule has 0 N–H and O–H groups in total. The maximum absolute atomic E-state index is 11.0. The Hall–Kier alpha value is -1.58. The van der Waals surface area contributed by atoms with Gasteiger partial charge in [-0.2, -0.15) is 0 Å². The molecule has 0 aliphatic heterocycles. The summed E-state index contributed by atoms with van der Waals surface area (Å²) in [6.07, 6.45) is 4.05. The Bertz CT molecular complexity index is 299. The van der Waals surface area contributed by atoms with Crippen LogP contribution in [0.1, 0.15) is 26.7 Å². The zero-order chi connectivity index (χ0) is 11.1. The number of carbonyl (C=O) groups is 4. The fourth-order valence-corrected chi connectivity index (χ4v) is 0.705. The molecule has 14 heavy (non-hydrogen) atoms. The van der Waals surface area contributed by atoms with Gasteiger partial charge in [0.2, 0.25) is 11.6 Å². The van der Waals surface area contributed by atoms with Crippen LogP contribution < -0.4 is 0 Å². The molecule has 0 aromatic heterocycles. The van der Waals surface area contributed by atoms with Crippen molar-refractivity contribution in [3.63, 3.8) is 0 Å². The van der Waals surface area contributed by atoms with Crippen molar-refractivity contribution in [1.29, 1.82) is 0 Å². The van der Waals surface area contributed by atoms with Gasteiger partial charge in [0.25, 0.3) is 11.6 Å². The predicted octanol–water partition coefficient (Wildman–Crippen LogP) is 0.639. The molecular formula is C10H12O4. The minimum Gasteiger partial charge on any atom is -0.291 e. The number of rotatable bonds is 6. The third kappa shape index (κ3) is 3.89. The molecule has 0 atom stereocenters. The summed E-state index contributed by atoms with van der Waals surface area (Å²) in [5, 5.41) is 0. The van der Waals surface area contributed by atoms with E-state index < -0.39 is 23.1 Å². The van der Waals surface area contributed by atoms with Crippen LogP contribution in [0, 0.1) is 0 Å². The van der Waals surface area contributed by atoms with E-state index in [1.54, 1.807) is 0 Å². The number of carbonyl (C=O) groups excluding carboxylic acids is 4. The molecule has 0 spiro atoms. The van der Waals surface area contributed by atoms with Gasteiger partial charge in [0, 0.05) is 6.92 Å². The number of allylic oxidation sites excluding steroid dienone is 2. The average molecular weight is 196 g/mol. The maximum atomic E-state index is 11.0. The number of ketones is 4. The second-order valence-electron chi connectivity index (χ2n) is 2.77. The predicted molar refractivity (Wildman–Crippen MR) is 49.8 cm³/mol. The molecule has 0 aliphatic carbocycles. The molecule has 0 rings (SSSR count). The lowest BCUT2D eigenvalue weighted by molar-refractivity contribution is -0.146. The van der Waals surface area contributed by atoms with Gasteiger partial charge in [-0.15, -0.1) is 0 Å². The summed E-state index contributed by atoms with van der Waals surface area (Å²) in [5.41, 5.74) is 0. The summed E-state index contributed by atoms with van der Waals surface area (Å²) >= 11 is 0. The van der Waals surface area contributed by atoms with Gasteiger partial charge in [-0.05, 0) is 12.5 Å². The van der Waals surface area contributed by atoms with Gasteiger partial charge in [-0.1, -0.05) is 19.4 Å². The van der Waals surface area contributed by atoms with Gasteiger partial charge in [-0.3, -0.25) is 19.2 Å². The van der Waals surface area contributed by atoms with Crippen LogP contribution in [0.2, 0.25) is 0 Å². The molecule has 0 fully saturated rings. The van der Waals surface area contributed by atoms with Gasteiger partial charge in [0.15, 0.2) is 0 Å². The quantitative estimate of drug-likeness (QED) is 0.355. The highest BCUT2D eigenvalue weighted by atomic mass is 16.2. The van der Waals surface area contributed by atoms with E-state index in [-0.39, 0.29) is 0 Å². The summed E-state index contributed by atoms with van der Waals surface area (Å²) in [7, 11) is 0. The molecule has 0 saturated carbocycles. The number of unbranched alkanes of at least 4 members (excludes halogenated alkanes) is 1. The van der Waals surface area contributed by atoms with E-state index in [1.165, 1.54) is 6.08 Å². The Morgan fingerprint density at radius 3 is 2.07 bits per heavy atom. The van der Waals surface area contributed by atoms with Crippen LogP contribution in [0.4, 0.5) is 0 Å². The third-order valence-corrected chi connectivity index (χ3v) is 1.47. The monoisotopic (exact) mass is 196 g/mol. The van der Waals surface area contributed by atoms with E-state index in [0.29, 0.717) is 6.42 Å². The molecule has 0 aliphatic rings. The molecular weight excluding hydrogens is 184 g/mol. The topological polar surface area (TPSA) is 68.3 Å². The molecule has 0 aromatic rings. The lowest BCUT2D eigenvalue weighted by Crippen LogP contribution is -2.27. The minimum absolute atomic E-state index is 0.660. The number of Topliss-reactive ketones (excluding diaryl/α,β-unsaturated/α-hetero) is 3. The highest BCUT2D eigenvalue weighted by Gasteiger charge is 2.23. The second-order valence-corrected chi connectivity index (χ2v) is 2.77. The molecule has 0 bridgehead atoms. The lowest BCUT2D eigenvalue weighted by atomic mass is 10.1. The normalized spacial score (nSPS) is 10.1. The van der Waals surface area contributed by atoms with Gasteiger partial charge < -0.3 is 0 Å². The van der Waals surface area contributed by atoms with E-state index in [0.717, 1.165) is 19.4 Å². The van der Waals surface area contributed by atoms with Crippen molar-refractivity contribution < 1.29 is 19.2 Å². The first-order valence-corrected chi connectivity index (χ1v) is 4.30. The molecule has 0 heterocycles. The molecule has 0 aromatic carbocycles. The van der Waals surface area contributed by atoms with E-state index in [4.69, 9.17) is 0 Å². The van der Waals surface area contributed by atoms with Crippen molar-refractivity contribution in [1.82, 2.24) is 0 Å². The summed E-state index contributed by atoms with van der Waals surface area (Å²) in [6.45, 7) is 2.88. The first-order valence-electron chi connectivity index (χ1n) is 4.30. The Kier molecular flexibility index (Phi) is 5.29. The van der Waals surface area contributed by atoms with Crippen LogP contribution >= 0.6 is 0 Å². The molecule has 76 valence electrons. The summed E-state index contributed by atoms with van der Waals surface area (Å²) in [5.74, 6) is -4.35. The van der Waals surface area contributed by atoms with Crippen LogP contribution in [0.5, 0.6) is 0 Å². The van der Waals surface area contributed by atoms with Gasteiger partial charge in [0.05, 0.1) is 0 Å². The highest BCUT2D eigenvalue weighted by molar-refractivity contribution is 6.79. The standard InChI is InChI=1S/C10H12O4/c1-3-4-5-6-8(12)10(14)9(13)7(2)11/h5-6H,3-4H2,1-2H3. The van der Waals surface area contributed by atoms with Crippen LogP contribution in [-0.4, -0.2) is 23.1 Å². The zero-order valence-electron chi connectivity index (χ0n) is 8.20. The summed E-state index contributed by atoms with van der Waals surface area (Å²) in [6, 6.07) is 0. The van der Waals surface area contributed by atoms with E-state index >= 15 is 0 Å². The molecule has 0 amide bonds. The Balaban J connectivity index is 4.34. The molecule has 0 unspecified atom stereocenters. The van der Waals surface area contributed by atoms with Gasteiger partial charge >= 0.3 is 0 Å². The SMILES string of the molecule is CCCC=CC(=O)C(=O)C(=O)C(C)=O. The fourth-order valence-electron chi connectivity index (χ4n) is 0.705. The highest BCUT2D eigenvalue weighted by Crippen LogP contribution is 1.91. The number of hydrogen-bond acceptors (Lipinski definition) is 4. The van der Waals surface area contributed by atoms with Gasteiger partial charge in [-0.25, -0.2) is 0 Å². The van der Waals surface area contributed by atoms with Crippen LogP contribution in [0.25, 0.3) is 0 Å². The van der Waals surface area contributed by atoms with E-state index in [1.807, 2.05) is 6.92 Å². The molecule has 0 saturated heterocycles. The van der Waals surface area contributed by atoms with E-state index in [2.05, 4.69) is 0 Å². The Labute approximate surface area is 82.0 Å². The van der Waals surface area contributed by atoms with Crippen molar-refractivity contribution in [2.75, 3.05) is 0 Å². The molecule has 4 nitrogen and oxygen atoms in total. The Morgan fingerprint density at radius 2 is 1.64 bits per heavy atom. The summed E-state index contributed by atoms with van der Waals surface area (Å²) < 4.78 is 0. The third-order valence-electron chi connectivity index (χ3n) is 1.47. The largest absolute Gasteiger partial charge is 0.291 e. The number of hydrogen-bond donors (Lipinski definition) is 0. The van der Waals surface area contributed by atoms with Crippen LogP contribution in [0.3, 0.4) is 0 Å². The Morgan fingerprint density at radius 1 is 1.07 bits per heavy atom. The lowest BCUT2D eigenvalue weighted by Gasteiger charge is -1.90. The van der Waals surface area contributed by atoms with Crippen molar-refractivity contribution in [3.8, 4) is 0 Å². The smallest absolute Gasteiger partial charge is 0.276 e. The van der Waals surface area contributed by atoms with Crippen molar-refractivity contribution in [3.05, 3.63) is 12.2 Å². The first-order chi connectivity index (χ1) is 6.50. The second kappa shape index (κ2) is 5.96. The van der Waals surface area contributed by atoms with Crippen molar-refractivity contribution in [2.45, 2.75) is 26.7 Å². The van der Waals surface area contributed by atoms with Crippen LogP contribution in [-0.2, 0) is 19.2 Å². The fraction of sp³-hybridized carbons (Fsp3) is 0.400. The van der Waals surface area contributed by atoms with E-state index in [9.17, 15) is 19.2 Å². The molecule has 4 heteroatoms. The average Bonchev–Trinajstić information content (AvgIpc) is 2.15. The van der Waals surface area contributed by atoms with Gasteiger partial charge in [0.1, 0.15) is 0 Å². The van der Waals surface area contributed by atoms with Crippen molar-refractivity contribution >= 4 is 23.1 Å². The zero-order valence-corrected chi connectivity index (χ0v) is 8.20.